The molecule has 0 aliphatic rings. The van der Waals surface area contributed by atoms with Gasteiger partial charge in [0.2, 0.25) is 0 Å². The first kappa shape index (κ1) is 13.7. The van der Waals surface area contributed by atoms with E-state index in [0.29, 0.717) is 0 Å². The summed E-state index contributed by atoms with van der Waals surface area (Å²) < 4.78 is 0. The molecule has 0 saturated carbocycles. The van der Waals surface area contributed by atoms with Gasteiger partial charge >= 0.3 is 5.97 Å². The van der Waals surface area contributed by atoms with E-state index in [9.17, 15) is 9.59 Å². The van der Waals surface area contributed by atoms with E-state index in [1.165, 1.54) is 6.92 Å². The molecule has 0 heterocycles. The van der Waals surface area contributed by atoms with Crippen molar-refractivity contribution in [2.24, 2.45) is 5.16 Å². The largest absolute Gasteiger partial charge is 0.480 e. The Morgan fingerprint density at radius 3 is 2.44 bits per heavy atom. The van der Waals surface area contributed by atoms with Crippen LogP contribution in [0, 0.1) is 0 Å². The highest BCUT2D eigenvalue weighted by molar-refractivity contribution is 6.38. The molecule has 18 heavy (non-hydrogen) atoms. The number of carboxylic acid groups (broad SMARTS) is 1. The van der Waals surface area contributed by atoms with E-state index in [2.05, 4.69) is 10.5 Å². The van der Waals surface area contributed by atoms with Crippen molar-refractivity contribution in [1.82, 2.24) is 5.32 Å². The van der Waals surface area contributed by atoms with Crippen molar-refractivity contribution < 1.29 is 19.9 Å². The van der Waals surface area contributed by atoms with Gasteiger partial charge in [0.15, 0.2) is 0 Å². The average molecular weight is 250 g/mol. The minimum atomic E-state index is -1.14. The zero-order valence-corrected chi connectivity index (χ0v) is 9.83. The number of hydrogen-bond donors (Lipinski definition) is 3. The zero-order valence-electron chi connectivity index (χ0n) is 9.83. The van der Waals surface area contributed by atoms with E-state index in [1.54, 1.807) is 24.3 Å². The highest BCUT2D eigenvalue weighted by Gasteiger charge is 2.21. The topological polar surface area (TPSA) is 99.0 Å². The van der Waals surface area contributed by atoms with Crippen LogP contribution in [0.2, 0.25) is 0 Å². The van der Waals surface area contributed by atoms with Crippen LogP contribution < -0.4 is 5.32 Å². The predicted octanol–water partition coefficient (Wildman–Crippen LogP) is 0.649. The van der Waals surface area contributed by atoms with Crippen LogP contribution in [0.4, 0.5) is 0 Å². The summed E-state index contributed by atoms with van der Waals surface area (Å²) in [4.78, 5) is 22.4. The van der Waals surface area contributed by atoms with Gasteiger partial charge in [-0.1, -0.05) is 35.5 Å². The SMILES string of the molecule is C/C(=N\O)C(=O)N[C@@H](Cc1ccccc1)C(=O)O. The first-order valence-corrected chi connectivity index (χ1v) is 5.31. The molecule has 0 saturated heterocycles. The van der Waals surface area contributed by atoms with Crippen LogP contribution in [-0.2, 0) is 16.0 Å². The van der Waals surface area contributed by atoms with Gasteiger partial charge in [-0.15, -0.1) is 0 Å². The van der Waals surface area contributed by atoms with Crippen LogP contribution in [0.15, 0.2) is 35.5 Å². The Balaban J connectivity index is 2.73. The smallest absolute Gasteiger partial charge is 0.326 e. The molecular formula is C12H14N2O4. The number of aliphatic carboxylic acids is 1. The molecule has 1 amide bonds. The molecule has 6 nitrogen and oxygen atoms in total. The van der Waals surface area contributed by atoms with Crippen molar-refractivity contribution >= 4 is 17.6 Å². The molecule has 3 N–H and O–H groups in total. The lowest BCUT2D eigenvalue weighted by Gasteiger charge is -2.14. The Labute approximate surface area is 104 Å². The van der Waals surface area contributed by atoms with Crippen molar-refractivity contribution in [2.75, 3.05) is 0 Å². The first-order valence-electron chi connectivity index (χ1n) is 5.31. The van der Waals surface area contributed by atoms with Gasteiger partial charge in [0.1, 0.15) is 11.8 Å². The third kappa shape index (κ3) is 3.89. The van der Waals surface area contributed by atoms with Gasteiger partial charge in [0, 0.05) is 6.42 Å². The standard InChI is InChI=1S/C12H14N2O4/c1-8(14-18)11(15)13-10(12(16)17)7-9-5-3-2-4-6-9/h2-6,10,18H,7H2,1H3,(H,13,15)(H,16,17)/b14-8+/t10-/m0/s1. The number of oxime groups is 1. The number of amides is 1. The molecule has 0 fully saturated rings. The fourth-order valence-electron chi connectivity index (χ4n) is 1.36. The molecule has 0 radical (unpaired) electrons. The molecule has 0 aliphatic carbocycles. The lowest BCUT2D eigenvalue weighted by Crippen LogP contribution is -2.44. The molecule has 0 unspecified atom stereocenters. The second-order valence-corrected chi connectivity index (χ2v) is 3.74. The molecule has 1 aromatic carbocycles. The lowest BCUT2D eigenvalue weighted by molar-refractivity contribution is -0.141. The van der Waals surface area contributed by atoms with Crippen LogP contribution >= 0.6 is 0 Å². The number of rotatable bonds is 5. The molecule has 6 heteroatoms. The maximum absolute atomic E-state index is 11.4. The molecule has 1 aromatic rings. The van der Waals surface area contributed by atoms with Gasteiger partial charge in [0.25, 0.3) is 5.91 Å². The van der Waals surface area contributed by atoms with Gasteiger partial charge in [-0.2, -0.15) is 0 Å². The van der Waals surface area contributed by atoms with Crippen molar-refractivity contribution in [3.05, 3.63) is 35.9 Å². The number of carboxylic acids is 1. The Kier molecular flexibility index (Phi) is 4.86. The third-order valence-electron chi connectivity index (χ3n) is 2.36. The van der Waals surface area contributed by atoms with Gasteiger partial charge in [0.05, 0.1) is 0 Å². The van der Waals surface area contributed by atoms with Gasteiger partial charge < -0.3 is 15.6 Å². The maximum Gasteiger partial charge on any atom is 0.326 e. The van der Waals surface area contributed by atoms with Gasteiger partial charge in [-0.25, -0.2) is 4.79 Å². The van der Waals surface area contributed by atoms with E-state index in [0.717, 1.165) is 5.56 Å². The summed E-state index contributed by atoms with van der Waals surface area (Å²) in [6, 6.07) is 7.88. The van der Waals surface area contributed by atoms with Crippen LogP contribution in [0.3, 0.4) is 0 Å². The summed E-state index contributed by atoms with van der Waals surface area (Å²) in [6.07, 6.45) is 0.167. The molecule has 0 spiro atoms. The summed E-state index contributed by atoms with van der Waals surface area (Å²) >= 11 is 0. The van der Waals surface area contributed by atoms with Gasteiger partial charge in [-0.05, 0) is 12.5 Å². The first-order chi connectivity index (χ1) is 8.54. The van der Waals surface area contributed by atoms with E-state index in [-0.39, 0.29) is 12.1 Å². The maximum atomic E-state index is 11.4. The second-order valence-electron chi connectivity index (χ2n) is 3.74. The monoisotopic (exact) mass is 250 g/mol. The highest BCUT2D eigenvalue weighted by Crippen LogP contribution is 2.03. The molecular weight excluding hydrogens is 236 g/mol. The lowest BCUT2D eigenvalue weighted by atomic mass is 10.1. The third-order valence-corrected chi connectivity index (χ3v) is 2.36. The Morgan fingerprint density at radius 1 is 1.33 bits per heavy atom. The molecule has 96 valence electrons. The molecule has 0 aromatic heterocycles. The normalized spacial score (nSPS) is 12.8. The fourth-order valence-corrected chi connectivity index (χ4v) is 1.36. The van der Waals surface area contributed by atoms with E-state index >= 15 is 0 Å². The summed E-state index contributed by atoms with van der Waals surface area (Å²) in [6.45, 7) is 1.29. The van der Waals surface area contributed by atoms with Gasteiger partial charge in [-0.3, -0.25) is 4.79 Å². The summed E-state index contributed by atoms with van der Waals surface area (Å²) in [5.41, 5.74) is 0.609. The second kappa shape index (κ2) is 6.39. The summed E-state index contributed by atoms with van der Waals surface area (Å²) in [7, 11) is 0. The average Bonchev–Trinajstić information content (AvgIpc) is 2.37. The van der Waals surface area contributed by atoms with Crippen molar-refractivity contribution in [1.29, 1.82) is 0 Å². The van der Waals surface area contributed by atoms with Crippen LogP contribution in [0.1, 0.15) is 12.5 Å². The predicted molar refractivity (Wildman–Crippen MR) is 64.6 cm³/mol. The minimum absolute atomic E-state index is 0.167. The molecule has 1 atom stereocenters. The summed E-state index contributed by atoms with van der Waals surface area (Å²) in [5.74, 6) is -1.85. The quantitative estimate of drug-likeness (QED) is 0.406. The number of carbonyl (C=O) groups excluding carboxylic acids is 1. The number of benzene rings is 1. The minimum Gasteiger partial charge on any atom is -0.480 e. The van der Waals surface area contributed by atoms with E-state index in [1.807, 2.05) is 6.07 Å². The number of nitrogens with zero attached hydrogens (tertiary/aromatic N) is 1. The van der Waals surface area contributed by atoms with Crippen LogP contribution in [0.5, 0.6) is 0 Å². The van der Waals surface area contributed by atoms with Crippen molar-refractivity contribution in [3.8, 4) is 0 Å². The fraction of sp³-hybridized carbons (Fsp3) is 0.250. The molecule has 0 bridgehead atoms. The zero-order chi connectivity index (χ0) is 13.5. The molecule has 1 rings (SSSR count). The number of nitrogens with one attached hydrogen (secondary N) is 1. The Bertz CT molecular complexity index is 456. The van der Waals surface area contributed by atoms with Crippen molar-refractivity contribution in [2.45, 2.75) is 19.4 Å². The van der Waals surface area contributed by atoms with Crippen LogP contribution in [0.25, 0.3) is 0 Å². The highest BCUT2D eigenvalue weighted by atomic mass is 16.4. The van der Waals surface area contributed by atoms with E-state index in [4.69, 9.17) is 10.3 Å². The summed E-state index contributed by atoms with van der Waals surface area (Å²) in [5, 5.41) is 22.5. The number of hydrogen-bond acceptors (Lipinski definition) is 4. The Hall–Kier alpha value is -2.37. The Morgan fingerprint density at radius 2 is 1.94 bits per heavy atom. The van der Waals surface area contributed by atoms with Crippen LogP contribution in [-0.4, -0.2) is 33.9 Å². The molecule has 0 aliphatic heterocycles. The number of carbonyl (C=O) groups is 2. The van der Waals surface area contributed by atoms with Crippen molar-refractivity contribution in [3.63, 3.8) is 0 Å². The van der Waals surface area contributed by atoms with E-state index < -0.39 is 17.9 Å².